The van der Waals surface area contributed by atoms with Gasteiger partial charge in [-0.2, -0.15) is 0 Å². The maximum atomic E-state index is 6.13. The molecule has 1 saturated carbocycles. The fourth-order valence-electron chi connectivity index (χ4n) is 3.40. The van der Waals surface area contributed by atoms with Gasteiger partial charge in [0.05, 0.1) is 11.1 Å². The molecule has 134 valence electrons. The first kappa shape index (κ1) is 17.2. The molecule has 2 heterocycles. The Bertz CT molecular complexity index is 897. The zero-order valence-electron chi connectivity index (χ0n) is 15.2. The molecule has 2 aromatic heterocycles. The van der Waals surface area contributed by atoms with Gasteiger partial charge < -0.3 is 4.57 Å². The lowest BCUT2D eigenvalue weighted by atomic mass is 9.87. The quantitative estimate of drug-likeness (QED) is 0.590. The second-order valence-corrected chi connectivity index (χ2v) is 7.90. The minimum absolute atomic E-state index is 0.359. The first-order valence-corrected chi connectivity index (χ1v) is 9.54. The fraction of sp³-hybridized carbons (Fsp3) is 0.381. The summed E-state index contributed by atoms with van der Waals surface area (Å²) in [5.41, 5.74) is 1.88. The van der Waals surface area contributed by atoms with Crippen LogP contribution in [0.25, 0.3) is 0 Å². The van der Waals surface area contributed by atoms with Crippen LogP contribution in [0.4, 0.5) is 0 Å². The number of hydrogen-bond acceptors (Lipinski definition) is 3. The number of halogens is 1. The minimum atomic E-state index is -0.359. The molecule has 5 heteroatoms. The van der Waals surface area contributed by atoms with E-state index >= 15 is 0 Å². The van der Waals surface area contributed by atoms with Gasteiger partial charge in [0, 0.05) is 12.5 Å². The Balaban J connectivity index is 1.69. The Kier molecular flexibility index (Phi) is 4.53. The monoisotopic (exact) mass is 366 g/mol. The molecule has 1 aromatic carbocycles. The molecule has 0 atom stereocenters. The Morgan fingerprint density at radius 3 is 2.50 bits per heavy atom. The normalized spacial score (nSPS) is 14.6. The van der Waals surface area contributed by atoms with E-state index in [1.807, 2.05) is 12.1 Å². The first-order valence-electron chi connectivity index (χ1n) is 9.16. The lowest BCUT2D eigenvalue weighted by molar-refractivity contribution is 0.509. The van der Waals surface area contributed by atoms with E-state index < -0.39 is 0 Å². The van der Waals surface area contributed by atoms with Crippen LogP contribution in [0.5, 0.6) is 0 Å². The summed E-state index contributed by atoms with van der Waals surface area (Å²) < 4.78 is 2.31. The number of aryl methyl sites for hydroxylation is 1. The molecule has 0 bridgehead atoms. The molecule has 1 fully saturated rings. The zero-order valence-corrected chi connectivity index (χ0v) is 15.9. The van der Waals surface area contributed by atoms with Crippen molar-refractivity contribution < 1.29 is 0 Å². The van der Waals surface area contributed by atoms with Crippen molar-refractivity contribution in [1.82, 2.24) is 19.7 Å². The van der Waals surface area contributed by atoms with Crippen molar-refractivity contribution in [2.24, 2.45) is 0 Å². The van der Waals surface area contributed by atoms with E-state index in [2.05, 4.69) is 63.9 Å². The standard InChI is InChI=1S/C21H23ClN4/c1-21(2,17-9-6-10-18(22)23-17)20-25-24-19(16-11-12-16)26(20)14-13-15-7-4-3-5-8-15/h3-10,16H,11-14H2,1-2H3. The SMILES string of the molecule is CC(C)(c1cccc(Cl)n1)c1nnc(C2CC2)n1CCc1ccccc1. The molecule has 0 aliphatic heterocycles. The highest BCUT2D eigenvalue weighted by Crippen LogP contribution is 2.41. The van der Waals surface area contributed by atoms with Crippen LogP contribution < -0.4 is 0 Å². The van der Waals surface area contributed by atoms with Gasteiger partial charge in [-0.1, -0.05) is 48.0 Å². The van der Waals surface area contributed by atoms with Crippen LogP contribution in [0, 0.1) is 0 Å². The van der Waals surface area contributed by atoms with Crippen molar-refractivity contribution in [1.29, 1.82) is 0 Å². The lowest BCUT2D eigenvalue weighted by Crippen LogP contribution is -2.27. The van der Waals surface area contributed by atoms with Gasteiger partial charge in [-0.25, -0.2) is 4.98 Å². The van der Waals surface area contributed by atoms with Gasteiger partial charge in [0.2, 0.25) is 0 Å². The molecular weight excluding hydrogens is 344 g/mol. The third-order valence-corrected chi connectivity index (χ3v) is 5.31. The van der Waals surface area contributed by atoms with Crippen LogP contribution in [-0.2, 0) is 18.4 Å². The number of nitrogens with zero attached hydrogens (tertiary/aromatic N) is 4. The van der Waals surface area contributed by atoms with Crippen LogP contribution in [0.3, 0.4) is 0 Å². The molecule has 0 spiro atoms. The summed E-state index contributed by atoms with van der Waals surface area (Å²) in [4.78, 5) is 4.53. The third kappa shape index (κ3) is 3.38. The molecule has 0 unspecified atom stereocenters. The van der Waals surface area contributed by atoms with Crippen molar-refractivity contribution in [3.63, 3.8) is 0 Å². The highest BCUT2D eigenvalue weighted by atomic mass is 35.5. The molecule has 1 aliphatic carbocycles. The fourth-order valence-corrected chi connectivity index (χ4v) is 3.56. The predicted octanol–water partition coefficient (Wildman–Crippen LogP) is 4.77. The molecule has 0 radical (unpaired) electrons. The molecule has 1 aliphatic rings. The first-order chi connectivity index (χ1) is 12.6. The lowest BCUT2D eigenvalue weighted by Gasteiger charge is -2.24. The smallest absolute Gasteiger partial charge is 0.144 e. The average molecular weight is 367 g/mol. The van der Waals surface area contributed by atoms with Gasteiger partial charge >= 0.3 is 0 Å². The van der Waals surface area contributed by atoms with Crippen LogP contribution in [0.2, 0.25) is 5.15 Å². The summed E-state index contributed by atoms with van der Waals surface area (Å²) in [6, 6.07) is 16.3. The van der Waals surface area contributed by atoms with E-state index in [9.17, 15) is 0 Å². The highest BCUT2D eigenvalue weighted by Gasteiger charge is 2.36. The van der Waals surface area contributed by atoms with E-state index in [1.165, 1.54) is 18.4 Å². The molecule has 4 rings (SSSR count). The number of aromatic nitrogens is 4. The number of hydrogen-bond donors (Lipinski definition) is 0. The van der Waals surface area contributed by atoms with Crippen molar-refractivity contribution in [2.75, 3.05) is 0 Å². The van der Waals surface area contributed by atoms with Crippen LogP contribution >= 0.6 is 11.6 Å². The Morgan fingerprint density at radius 1 is 1.04 bits per heavy atom. The molecule has 26 heavy (non-hydrogen) atoms. The Morgan fingerprint density at radius 2 is 1.81 bits per heavy atom. The minimum Gasteiger partial charge on any atom is -0.314 e. The summed E-state index contributed by atoms with van der Waals surface area (Å²) in [5.74, 6) is 2.63. The van der Waals surface area contributed by atoms with Crippen molar-refractivity contribution in [2.45, 2.75) is 51.0 Å². The van der Waals surface area contributed by atoms with E-state index in [0.29, 0.717) is 11.1 Å². The maximum Gasteiger partial charge on any atom is 0.144 e. The summed E-state index contributed by atoms with van der Waals surface area (Å²) in [5, 5.41) is 9.66. The van der Waals surface area contributed by atoms with Gasteiger partial charge in [-0.3, -0.25) is 0 Å². The van der Waals surface area contributed by atoms with E-state index in [-0.39, 0.29) is 5.41 Å². The van der Waals surface area contributed by atoms with Crippen LogP contribution in [-0.4, -0.2) is 19.7 Å². The van der Waals surface area contributed by atoms with Crippen molar-refractivity contribution in [3.8, 4) is 0 Å². The summed E-state index contributed by atoms with van der Waals surface area (Å²) >= 11 is 6.13. The number of pyridine rings is 1. The van der Waals surface area contributed by atoms with E-state index in [4.69, 9.17) is 11.6 Å². The second-order valence-electron chi connectivity index (χ2n) is 7.51. The summed E-state index contributed by atoms with van der Waals surface area (Å²) in [6.45, 7) is 5.17. The van der Waals surface area contributed by atoms with E-state index in [0.717, 1.165) is 30.3 Å². The average Bonchev–Trinajstić information content (AvgIpc) is 3.40. The maximum absolute atomic E-state index is 6.13. The molecule has 0 N–H and O–H groups in total. The molecule has 0 amide bonds. The zero-order chi connectivity index (χ0) is 18.1. The molecule has 0 saturated heterocycles. The summed E-state index contributed by atoms with van der Waals surface area (Å²) in [7, 11) is 0. The Hall–Kier alpha value is -2.20. The number of benzene rings is 1. The molecular formula is C21H23ClN4. The van der Waals surface area contributed by atoms with Gasteiger partial charge in [0.1, 0.15) is 16.8 Å². The third-order valence-electron chi connectivity index (χ3n) is 5.10. The topological polar surface area (TPSA) is 43.6 Å². The van der Waals surface area contributed by atoms with Crippen molar-refractivity contribution >= 4 is 11.6 Å². The predicted molar refractivity (Wildman–Crippen MR) is 104 cm³/mol. The van der Waals surface area contributed by atoms with Gasteiger partial charge in [0.25, 0.3) is 0 Å². The second kappa shape index (κ2) is 6.84. The molecule has 3 aromatic rings. The summed E-state index contributed by atoms with van der Waals surface area (Å²) in [6.07, 6.45) is 3.38. The van der Waals surface area contributed by atoms with Gasteiger partial charge in [-0.15, -0.1) is 10.2 Å². The molecule has 4 nitrogen and oxygen atoms in total. The Labute approximate surface area is 159 Å². The largest absolute Gasteiger partial charge is 0.314 e. The van der Waals surface area contributed by atoms with Crippen molar-refractivity contribution in [3.05, 3.63) is 76.6 Å². The number of rotatable bonds is 6. The van der Waals surface area contributed by atoms with Crippen LogP contribution in [0.1, 0.15) is 55.5 Å². The van der Waals surface area contributed by atoms with E-state index in [1.54, 1.807) is 6.07 Å². The van der Waals surface area contributed by atoms with Gasteiger partial charge in [-0.05, 0) is 50.8 Å². The highest BCUT2D eigenvalue weighted by molar-refractivity contribution is 6.29. The van der Waals surface area contributed by atoms with Gasteiger partial charge in [0.15, 0.2) is 0 Å². The van der Waals surface area contributed by atoms with Crippen LogP contribution in [0.15, 0.2) is 48.5 Å².